The van der Waals surface area contributed by atoms with Crippen molar-refractivity contribution in [3.05, 3.63) is 24.0 Å². The maximum atomic E-state index is 12.2. The van der Waals surface area contributed by atoms with Crippen LogP contribution in [0.1, 0.15) is 12.8 Å². The van der Waals surface area contributed by atoms with E-state index in [1.807, 2.05) is 12.1 Å². The second-order valence-corrected chi connectivity index (χ2v) is 6.15. The first kappa shape index (κ1) is 14.0. The lowest BCUT2D eigenvalue weighted by Gasteiger charge is -2.31. The first-order valence-electron chi connectivity index (χ1n) is 7.28. The van der Waals surface area contributed by atoms with Gasteiger partial charge in [-0.15, -0.1) is 25.5 Å². The molecule has 3 aromatic rings. The van der Waals surface area contributed by atoms with Gasteiger partial charge in [0.05, 0.1) is 0 Å². The van der Waals surface area contributed by atoms with Crippen LogP contribution in [0.3, 0.4) is 0 Å². The fraction of sp³-hybridized carbons (Fsp3) is 0.385. The molecule has 0 radical (unpaired) electrons. The van der Waals surface area contributed by atoms with Crippen molar-refractivity contribution in [2.45, 2.75) is 12.8 Å². The fourth-order valence-electron chi connectivity index (χ4n) is 2.69. The normalized spacial score (nSPS) is 15.9. The topological polar surface area (TPSA) is 101 Å². The average molecular weight is 330 g/mol. The van der Waals surface area contributed by atoms with E-state index in [1.54, 1.807) is 16.4 Å². The Morgan fingerprint density at radius 3 is 2.87 bits per heavy atom. The summed E-state index contributed by atoms with van der Waals surface area (Å²) in [6.07, 6.45) is 3.15. The zero-order valence-corrected chi connectivity index (χ0v) is 13.0. The van der Waals surface area contributed by atoms with E-state index in [0.29, 0.717) is 5.13 Å². The Morgan fingerprint density at radius 2 is 2.09 bits per heavy atom. The molecule has 23 heavy (non-hydrogen) atoms. The molecule has 0 saturated carbocycles. The molecule has 1 amide bonds. The van der Waals surface area contributed by atoms with E-state index in [-0.39, 0.29) is 11.8 Å². The summed E-state index contributed by atoms with van der Waals surface area (Å²) >= 11 is 1.33. The highest BCUT2D eigenvalue weighted by molar-refractivity contribution is 7.13. The van der Waals surface area contributed by atoms with Crippen LogP contribution in [-0.4, -0.2) is 49.0 Å². The van der Waals surface area contributed by atoms with E-state index in [1.165, 1.54) is 11.3 Å². The minimum atomic E-state index is -0.00575. The second kappa shape index (κ2) is 5.88. The van der Waals surface area contributed by atoms with Gasteiger partial charge in [-0.25, -0.2) is 0 Å². The molecule has 0 aliphatic carbocycles. The summed E-state index contributed by atoms with van der Waals surface area (Å²) in [5.41, 5.74) is 2.32. The number of nitrogens with one attached hydrogen (secondary N) is 1. The molecular weight excluding hydrogens is 316 g/mol. The highest BCUT2D eigenvalue weighted by Gasteiger charge is 2.26. The standard InChI is InChI=1S/C13H14N8OS/c22-12(16-13-18-15-8-23-13)9-3-5-20(6-4-9)11-2-1-10-17-14-7-21(10)19-11/h1-2,7-9H,3-6H2,(H,16,18,22). The highest BCUT2D eigenvalue weighted by Crippen LogP contribution is 2.23. The number of hydrogen-bond donors (Lipinski definition) is 1. The molecule has 0 unspecified atom stereocenters. The summed E-state index contributed by atoms with van der Waals surface area (Å²) in [5, 5.41) is 23.2. The smallest absolute Gasteiger partial charge is 0.229 e. The van der Waals surface area contributed by atoms with Crippen molar-refractivity contribution < 1.29 is 4.79 Å². The second-order valence-electron chi connectivity index (χ2n) is 5.32. The molecule has 0 atom stereocenters. The zero-order chi connectivity index (χ0) is 15.6. The Bertz CT molecular complexity index is 808. The fourth-order valence-corrected chi connectivity index (χ4v) is 3.14. The number of carbonyl (C=O) groups excluding carboxylic acids is 1. The first-order valence-corrected chi connectivity index (χ1v) is 8.16. The lowest BCUT2D eigenvalue weighted by atomic mass is 9.96. The predicted octanol–water partition coefficient (Wildman–Crippen LogP) is 0.831. The molecule has 1 aliphatic heterocycles. The van der Waals surface area contributed by atoms with Crippen LogP contribution in [0.2, 0.25) is 0 Å². The first-order chi connectivity index (χ1) is 11.3. The monoisotopic (exact) mass is 330 g/mol. The van der Waals surface area contributed by atoms with Crippen LogP contribution in [0, 0.1) is 5.92 Å². The zero-order valence-electron chi connectivity index (χ0n) is 12.2. The number of nitrogens with zero attached hydrogens (tertiary/aromatic N) is 7. The summed E-state index contributed by atoms with van der Waals surface area (Å²) in [5.74, 6) is 0.887. The van der Waals surface area contributed by atoms with Crippen LogP contribution < -0.4 is 10.2 Å². The molecule has 3 aromatic heterocycles. The van der Waals surface area contributed by atoms with Gasteiger partial charge >= 0.3 is 0 Å². The SMILES string of the molecule is O=C(Nc1nncs1)C1CCN(c2ccc3nncn3n2)CC1. The highest BCUT2D eigenvalue weighted by atomic mass is 32.1. The summed E-state index contributed by atoms with van der Waals surface area (Å²) in [6, 6.07) is 3.83. The van der Waals surface area contributed by atoms with Crippen molar-refractivity contribution in [2.75, 3.05) is 23.3 Å². The van der Waals surface area contributed by atoms with Gasteiger partial charge in [-0.05, 0) is 25.0 Å². The van der Waals surface area contributed by atoms with Gasteiger partial charge in [0.25, 0.3) is 0 Å². The molecule has 1 N–H and O–H groups in total. The molecule has 1 saturated heterocycles. The van der Waals surface area contributed by atoms with Gasteiger partial charge < -0.3 is 10.2 Å². The number of aromatic nitrogens is 6. The maximum Gasteiger partial charge on any atom is 0.229 e. The molecule has 1 aliphatic rings. The molecule has 1 fully saturated rings. The minimum Gasteiger partial charge on any atom is -0.355 e. The van der Waals surface area contributed by atoms with Gasteiger partial charge in [0, 0.05) is 19.0 Å². The number of fused-ring (bicyclic) bond motifs is 1. The Morgan fingerprint density at radius 1 is 1.22 bits per heavy atom. The molecule has 0 aromatic carbocycles. The van der Waals surface area contributed by atoms with Crippen molar-refractivity contribution in [1.82, 2.24) is 30.0 Å². The Hall–Kier alpha value is -2.62. The lowest BCUT2D eigenvalue weighted by molar-refractivity contribution is -0.120. The number of rotatable bonds is 3. The van der Waals surface area contributed by atoms with Crippen molar-refractivity contribution >= 4 is 33.8 Å². The molecule has 0 spiro atoms. The van der Waals surface area contributed by atoms with Crippen LogP contribution in [0.25, 0.3) is 5.65 Å². The number of carbonyl (C=O) groups is 1. The van der Waals surface area contributed by atoms with Gasteiger partial charge in [-0.3, -0.25) is 4.79 Å². The molecule has 10 heteroatoms. The average Bonchev–Trinajstić information content (AvgIpc) is 3.25. The molecule has 4 heterocycles. The van der Waals surface area contributed by atoms with Crippen LogP contribution in [-0.2, 0) is 4.79 Å². The Kier molecular flexibility index (Phi) is 3.58. The van der Waals surface area contributed by atoms with Gasteiger partial charge in [0.1, 0.15) is 17.7 Å². The van der Waals surface area contributed by atoms with E-state index in [4.69, 9.17) is 0 Å². The quantitative estimate of drug-likeness (QED) is 0.759. The largest absolute Gasteiger partial charge is 0.355 e. The van der Waals surface area contributed by atoms with E-state index >= 15 is 0 Å². The number of anilines is 2. The van der Waals surface area contributed by atoms with Gasteiger partial charge in [-0.2, -0.15) is 4.52 Å². The third kappa shape index (κ3) is 2.84. The third-order valence-electron chi connectivity index (χ3n) is 3.93. The summed E-state index contributed by atoms with van der Waals surface area (Å²) < 4.78 is 1.66. The molecular formula is C13H14N8OS. The van der Waals surface area contributed by atoms with Gasteiger partial charge in [0.15, 0.2) is 5.65 Å². The molecule has 0 bridgehead atoms. The third-order valence-corrected chi connectivity index (χ3v) is 4.53. The number of amides is 1. The van der Waals surface area contributed by atoms with Crippen molar-refractivity contribution in [3.63, 3.8) is 0 Å². The molecule has 4 rings (SSSR count). The van der Waals surface area contributed by atoms with Crippen molar-refractivity contribution in [2.24, 2.45) is 5.92 Å². The summed E-state index contributed by atoms with van der Waals surface area (Å²) in [7, 11) is 0. The summed E-state index contributed by atoms with van der Waals surface area (Å²) in [4.78, 5) is 14.4. The van der Waals surface area contributed by atoms with E-state index in [9.17, 15) is 4.79 Å². The number of piperidine rings is 1. The van der Waals surface area contributed by atoms with Crippen LogP contribution in [0.4, 0.5) is 10.9 Å². The van der Waals surface area contributed by atoms with Gasteiger partial charge in [-0.1, -0.05) is 11.3 Å². The van der Waals surface area contributed by atoms with E-state index in [2.05, 4.69) is 35.7 Å². The van der Waals surface area contributed by atoms with Crippen LogP contribution in [0.15, 0.2) is 24.0 Å². The summed E-state index contributed by atoms with van der Waals surface area (Å²) in [6.45, 7) is 1.57. The minimum absolute atomic E-state index is 0.00575. The van der Waals surface area contributed by atoms with E-state index < -0.39 is 0 Å². The van der Waals surface area contributed by atoms with Crippen molar-refractivity contribution in [1.29, 1.82) is 0 Å². The Balaban J connectivity index is 1.39. The van der Waals surface area contributed by atoms with E-state index in [0.717, 1.165) is 37.4 Å². The van der Waals surface area contributed by atoms with Crippen molar-refractivity contribution in [3.8, 4) is 0 Å². The van der Waals surface area contributed by atoms with Gasteiger partial charge in [0.2, 0.25) is 11.0 Å². The lowest BCUT2D eigenvalue weighted by Crippen LogP contribution is -2.38. The molecule has 118 valence electrons. The maximum absolute atomic E-state index is 12.2. The Labute approximate surface area is 135 Å². The number of hydrogen-bond acceptors (Lipinski definition) is 8. The van der Waals surface area contributed by atoms with Crippen LogP contribution in [0.5, 0.6) is 0 Å². The predicted molar refractivity (Wildman–Crippen MR) is 84.3 cm³/mol. The molecule has 9 nitrogen and oxygen atoms in total. The van der Waals surface area contributed by atoms with Crippen LogP contribution >= 0.6 is 11.3 Å².